The molecule has 10 heteroatoms. The molecule has 0 radical (unpaired) electrons. The van der Waals surface area contributed by atoms with Crippen molar-refractivity contribution < 1.29 is 31.1 Å². The van der Waals surface area contributed by atoms with Crippen molar-refractivity contribution in [2.24, 2.45) is 0 Å². The highest BCUT2D eigenvalue weighted by molar-refractivity contribution is 5.78. The van der Waals surface area contributed by atoms with Crippen LogP contribution in [0, 0.1) is 0 Å². The van der Waals surface area contributed by atoms with Crippen LogP contribution >= 0.6 is 0 Å². The number of carbonyl (C=O) groups excluding carboxylic acids is 1. The summed E-state index contributed by atoms with van der Waals surface area (Å²) >= 11 is 0. The van der Waals surface area contributed by atoms with Gasteiger partial charge in [-0.2, -0.15) is 26.3 Å². The van der Waals surface area contributed by atoms with E-state index in [9.17, 15) is 31.1 Å². The normalized spacial score (nSPS) is 20.5. The Morgan fingerprint density at radius 2 is 1.46 bits per heavy atom. The molecule has 1 amide bonds. The smallest absolute Gasteiger partial charge is 0.344 e. The molecule has 4 rings (SSSR count). The molecule has 2 aliphatic rings. The second-order valence-corrected chi connectivity index (χ2v) is 10.6. The van der Waals surface area contributed by atoms with Crippen LogP contribution in [0.1, 0.15) is 66.8 Å². The van der Waals surface area contributed by atoms with Gasteiger partial charge in [-0.1, -0.05) is 36.8 Å². The first-order chi connectivity index (χ1) is 18.4. The van der Waals surface area contributed by atoms with Gasteiger partial charge >= 0.3 is 12.4 Å². The number of alkyl halides is 6. The number of hydrogen-bond donors (Lipinski definition) is 0. The van der Waals surface area contributed by atoms with E-state index in [0.29, 0.717) is 12.1 Å². The highest BCUT2D eigenvalue weighted by Gasteiger charge is 2.38. The molecule has 214 valence electrons. The molecule has 0 N–H and O–H groups in total. The van der Waals surface area contributed by atoms with Crippen LogP contribution in [0.15, 0.2) is 48.5 Å². The van der Waals surface area contributed by atoms with E-state index < -0.39 is 35.8 Å². The Balaban J connectivity index is 1.57. The molecule has 4 nitrogen and oxygen atoms in total. The minimum absolute atomic E-state index is 0.0835. The third kappa shape index (κ3) is 7.54. The second kappa shape index (κ2) is 12.3. The summed E-state index contributed by atoms with van der Waals surface area (Å²) in [6.45, 7) is 3.17. The summed E-state index contributed by atoms with van der Waals surface area (Å²) in [5, 5.41) is 0. The number of halogens is 6. The minimum atomic E-state index is -4.96. The highest BCUT2D eigenvalue weighted by atomic mass is 19.4. The van der Waals surface area contributed by atoms with Gasteiger partial charge in [-0.25, -0.2) is 0 Å². The molecule has 2 aromatic carbocycles. The highest BCUT2D eigenvalue weighted by Crippen LogP contribution is 2.37. The van der Waals surface area contributed by atoms with Crippen LogP contribution in [-0.4, -0.2) is 60.0 Å². The molecule has 0 bridgehead atoms. The van der Waals surface area contributed by atoms with Gasteiger partial charge in [0.15, 0.2) is 0 Å². The Morgan fingerprint density at radius 1 is 0.872 bits per heavy atom. The Hall–Kier alpha value is -2.59. The molecule has 0 aromatic heterocycles. The number of nitrogens with zero attached hydrogens (tertiary/aromatic N) is 3. The summed E-state index contributed by atoms with van der Waals surface area (Å²) < 4.78 is 79.9. The predicted molar refractivity (Wildman–Crippen MR) is 137 cm³/mol. The monoisotopic (exact) mass is 555 g/mol. The van der Waals surface area contributed by atoms with Gasteiger partial charge in [-0.15, -0.1) is 0 Å². The van der Waals surface area contributed by atoms with Gasteiger partial charge in [0.05, 0.1) is 29.8 Å². The summed E-state index contributed by atoms with van der Waals surface area (Å²) in [5.41, 5.74) is -2.11. The van der Waals surface area contributed by atoms with Gasteiger partial charge in [0, 0.05) is 20.1 Å². The molecule has 0 saturated carbocycles. The Morgan fingerprint density at radius 3 is 2.05 bits per heavy atom. The first-order valence-corrected chi connectivity index (χ1v) is 13.5. The van der Waals surface area contributed by atoms with Gasteiger partial charge in [0.25, 0.3) is 0 Å². The second-order valence-electron chi connectivity index (χ2n) is 10.6. The average molecular weight is 556 g/mol. The number of piperidine rings is 2. The molecule has 2 aromatic rings. The molecule has 0 spiro atoms. The van der Waals surface area contributed by atoms with Gasteiger partial charge in [0.2, 0.25) is 5.91 Å². The number of benzene rings is 2. The Bertz CT molecular complexity index is 1070. The van der Waals surface area contributed by atoms with Crippen LogP contribution in [0.4, 0.5) is 26.3 Å². The number of rotatable bonds is 7. The van der Waals surface area contributed by atoms with Crippen molar-refractivity contribution in [3.05, 3.63) is 70.8 Å². The van der Waals surface area contributed by atoms with Crippen LogP contribution in [0.5, 0.6) is 0 Å². The van der Waals surface area contributed by atoms with E-state index in [0.717, 1.165) is 57.3 Å². The third-order valence-corrected chi connectivity index (χ3v) is 7.78. The predicted octanol–water partition coefficient (Wildman–Crippen LogP) is 6.76. The molecular weight excluding hydrogens is 520 g/mol. The van der Waals surface area contributed by atoms with Crippen molar-refractivity contribution in [2.45, 2.75) is 69.5 Å². The van der Waals surface area contributed by atoms with E-state index in [-0.39, 0.29) is 30.4 Å². The van der Waals surface area contributed by atoms with Crippen LogP contribution in [0.25, 0.3) is 0 Å². The molecule has 2 aliphatic heterocycles. The van der Waals surface area contributed by atoms with Gasteiger partial charge < -0.3 is 4.90 Å². The summed E-state index contributed by atoms with van der Waals surface area (Å²) in [6, 6.07) is 11.0. The minimum Gasteiger partial charge on any atom is -0.344 e. The van der Waals surface area contributed by atoms with Crippen molar-refractivity contribution >= 4 is 5.91 Å². The zero-order chi connectivity index (χ0) is 28.2. The standard InChI is InChI=1S/C29H35F6N3O/c1-36(27(39)18-21-16-23(28(30,31)32)19-24(17-21)29(33,34)35)20-25(22-10-4-2-5-11-22)38-15-9-6-12-26(38)37-13-7-3-8-14-37/h2,4-5,10-11,16-17,19,25-26H,3,6-9,12-15,18,20H2,1H3. The SMILES string of the molecule is CN(CC(c1ccccc1)N1CCCCC1N1CCCCC1)C(=O)Cc1cc(C(F)(F)F)cc(C(F)(F)F)c1. The number of likely N-dealkylation sites (N-methyl/N-ethyl adjacent to an activating group) is 1. The van der Waals surface area contributed by atoms with E-state index in [4.69, 9.17) is 0 Å². The largest absolute Gasteiger partial charge is 0.416 e. The zero-order valence-electron chi connectivity index (χ0n) is 22.1. The summed E-state index contributed by atoms with van der Waals surface area (Å²) in [5.74, 6) is -0.532. The zero-order valence-corrected chi connectivity index (χ0v) is 22.1. The molecule has 2 atom stereocenters. The third-order valence-electron chi connectivity index (χ3n) is 7.78. The quantitative estimate of drug-likeness (QED) is 0.353. The van der Waals surface area contributed by atoms with E-state index in [2.05, 4.69) is 9.80 Å². The van der Waals surface area contributed by atoms with Gasteiger partial charge in [0.1, 0.15) is 0 Å². The lowest BCUT2D eigenvalue weighted by Crippen LogP contribution is -2.55. The summed E-state index contributed by atoms with van der Waals surface area (Å²) in [7, 11) is 1.57. The van der Waals surface area contributed by atoms with Crippen LogP contribution < -0.4 is 0 Å². The van der Waals surface area contributed by atoms with Crippen LogP contribution in [0.3, 0.4) is 0 Å². The van der Waals surface area contributed by atoms with Crippen molar-refractivity contribution in [3.8, 4) is 0 Å². The molecule has 2 heterocycles. The van der Waals surface area contributed by atoms with E-state index in [1.54, 1.807) is 7.05 Å². The lowest BCUT2D eigenvalue weighted by molar-refractivity contribution is -0.143. The Labute approximate surface area is 225 Å². The molecule has 2 fully saturated rings. The van der Waals surface area contributed by atoms with Gasteiger partial charge in [-0.05, 0) is 74.5 Å². The maximum Gasteiger partial charge on any atom is 0.416 e. The van der Waals surface area contributed by atoms with E-state index >= 15 is 0 Å². The van der Waals surface area contributed by atoms with E-state index in [1.165, 1.54) is 11.3 Å². The molecule has 2 unspecified atom stereocenters. The number of amides is 1. The van der Waals surface area contributed by atoms with E-state index in [1.807, 2.05) is 30.3 Å². The fourth-order valence-electron chi connectivity index (χ4n) is 5.78. The fraction of sp³-hybridized carbons (Fsp3) is 0.552. The maximum absolute atomic E-state index is 13.3. The lowest BCUT2D eigenvalue weighted by Gasteiger charge is -2.48. The van der Waals surface area contributed by atoms with Crippen molar-refractivity contribution in [3.63, 3.8) is 0 Å². The van der Waals surface area contributed by atoms with Crippen molar-refractivity contribution in [1.82, 2.24) is 14.7 Å². The molecular formula is C29H35F6N3O. The Kier molecular flexibility index (Phi) is 9.26. The van der Waals surface area contributed by atoms with Crippen molar-refractivity contribution in [2.75, 3.05) is 33.2 Å². The maximum atomic E-state index is 13.3. The van der Waals surface area contributed by atoms with Crippen LogP contribution in [0.2, 0.25) is 0 Å². The summed E-state index contributed by atoms with van der Waals surface area (Å²) in [4.78, 5) is 19.6. The van der Waals surface area contributed by atoms with Gasteiger partial charge in [-0.3, -0.25) is 14.6 Å². The topological polar surface area (TPSA) is 26.8 Å². The number of carbonyl (C=O) groups is 1. The molecule has 0 aliphatic carbocycles. The first-order valence-electron chi connectivity index (χ1n) is 13.5. The van der Waals surface area contributed by atoms with Crippen LogP contribution in [-0.2, 0) is 23.6 Å². The number of hydrogen-bond acceptors (Lipinski definition) is 3. The average Bonchev–Trinajstić information content (AvgIpc) is 2.91. The fourth-order valence-corrected chi connectivity index (χ4v) is 5.78. The molecule has 39 heavy (non-hydrogen) atoms. The molecule has 2 saturated heterocycles. The summed E-state index contributed by atoms with van der Waals surface area (Å²) in [6.07, 6.45) is -3.57. The lowest BCUT2D eigenvalue weighted by atomic mass is 9.97. The number of likely N-dealkylation sites (tertiary alicyclic amines) is 2. The first kappa shape index (κ1) is 29.4. The van der Waals surface area contributed by atoms with Crippen molar-refractivity contribution in [1.29, 1.82) is 0 Å².